The number of piperazine rings is 1. The van der Waals surface area contributed by atoms with Crippen LogP contribution in [0.5, 0.6) is 0 Å². The van der Waals surface area contributed by atoms with Gasteiger partial charge in [-0.25, -0.2) is 13.2 Å². The molecule has 1 aliphatic heterocycles. The number of sulfonamides is 1. The fraction of sp³-hybridized carbons (Fsp3) is 0.417. The maximum absolute atomic E-state index is 13.4. The number of nitrogens with one attached hydrogen (secondary N) is 1. The van der Waals surface area contributed by atoms with Gasteiger partial charge in [-0.15, -0.1) is 0 Å². The van der Waals surface area contributed by atoms with Crippen molar-refractivity contribution >= 4 is 21.9 Å². The molecule has 12 heteroatoms. The van der Waals surface area contributed by atoms with Crippen molar-refractivity contribution in [2.24, 2.45) is 0 Å². The van der Waals surface area contributed by atoms with Gasteiger partial charge in [0.2, 0.25) is 15.9 Å². The summed E-state index contributed by atoms with van der Waals surface area (Å²) in [6.45, 7) is 4.68. The Hall–Kier alpha value is -2.96. The third kappa shape index (κ3) is 8.92. The Bertz CT molecular complexity index is 1110. The molecule has 1 saturated heterocycles. The van der Waals surface area contributed by atoms with Crippen molar-refractivity contribution < 1.29 is 36.3 Å². The van der Waals surface area contributed by atoms with Gasteiger partial charge in [0.15, 0.2) is 0 Å². The highest BCUT2D eigenvalue weighted by Crippen LogP contribution is 2.20. The van der Waals surface area contributed by atoms with E-state index in [1.807, 2.05) is 36.4 Å². The summed E-state index contributed by atoms with van der Waals surface area (Å²) in [4.78, 5) is 23.7. The second-order valence-electron chi connectivity index (χ2n) is 8.13. The molecule has 0 unspecified atom stereocenters. The molecule has 0 radical (unpaired) electrons. The number of carboxylic acids is 1. The topological polar surface area (TPSA) is 107 Å². The molecule has 2 aromatic carbocycles. The van der Waals surface area contributed by atoms with E-state index >= 15 is 0 Å². The number of aliphatic carboxylic acids is 1. The number of benzene rings is 2. The molecule has 0 aliphatic carbocycles. The van der Waals surface area contributed by atoms with Crippen LogP contribution in [0.25, 0.3) is 0 Å². The van der Waals surface area contributed by atoms with Crippen LogP contribution in [0.2, 0.25) is 0 Å². The van der Waals surface area contributed by atoms with Crippen LogP contribution in [-0.2, 0) is 26.0 Å². The molecule has 198 valence electrons. The van der Waals surface area contributed by atoms with Crippen LogP contribution >= 0.6 is 0 Å². The van der Waals surface area contributed by atoms with E-state index in [0.29, 0.717) is 31.6 Å². The average Bonchev–Trinajstić information content (AvgIpc) is 2.84. The number of amides is 1. The Labute approximate surface area is 208 Å². The Morgan fingerprint density at radius 1 is 1.03 bits per heavy atom. The van der Waals surface area contributed by atoms with Gasteiger partial charge in [0, 0.05) is 32.7 Å². The largest absolute Gasteiger partial charge is 0.490 e. The molecule has 0 saturated carbocycles. The summed E-state index contributed by atoms with van der Waals surface area (Å²) in [5, 5.41) is 10.3. The highest BCUT2D eigenvalue weighted by molar-refractivity contribution is 7.89. The number of hydrogen-bond acceptors (Lipinski definition) is 5. The fourth-order valence-corrected chi connectivity index (χ4v) is 5.19. The van der Waals surface area contributed by atoms with E-state index in [2.05, 4.69) is 5.32 Å². The molecule has 0 bridgehead atoms. The Morgan fingerprint density at radius 2 is 1.58 bits per heavy atom. The lowest BCUT2D eigenvalue weighted by molar-refractivity contribution is -0.192. The lowest BCUT2D eigenvalue weighted by Crippen LogP contribution is -2.50. The molecular formula is C24H30F3N3O5S. The molecule has 8 nitrogen and oxygen atoms in total. The van der Waals surface area contributed by atoms with Gasteiger partial charge in [0.05, 0.1) is 11.4 Å². The number of nitrogens with zero attached hydrogens (tertiary/aromatic N) is 2. The van der Waals surface area contributed by atoms with Gasteiger partial charge in [-0.2, -0.15) is 17.5 Å². The van der Waals surface area contributed by atoms with Crippen molar-refractivity contribution in [1.82, 2.24) is 14.5 Å². The van der Waals surface area contributed by atoms with E-state index in [1.54, 1.807) is 30.0 Å². The third-order valence-electron chi connectivity index (χ3n) is 5.45. The van der Waals surface area contributed by atoms with Crippen LogP contribution in [0.3, 0.4) is 0 Å². The molecular weight excluding hydrogens is 499 g/mol. The summed E-state index contributed by atoms with van der Waals surface area (Å²) in [5.74, 6) is -2.89. The number of hydrogen-bond donors (Lipinski definition) is 2. The highest BCUT2D eigenvalue weighted by atomic mass is 32.2. The minimum Gasteiger partial charge on any atom is -0.475 e. The van der Waals surface area contributed by atoms with E-state index in [1.165, 1.54) is 4.31 Å². The lowest BCUT2D eigenvalue weighted by Gasteiger charge is -2.30. The Balaban J connectivity index is 0.000000572. The maximum Gasteiger partial charge on any atom is 0.490 e. The molecule has 0 spiro atoms. The summed E-state index contributed by atoms with van der Waals surface area (Å²) in [5.41, 5.74) is 1.85. The number of rotatable bonds is 8. The van der Waals surface area contributed by atoms with Crippen LogP contribution in [0.15, 0.2) is 59.5 Å². The molecule has 1 aliphatic rings. The van der Waals surface area contributed by atoms with Crippen molar-refractivity contribution in [3.63, 3.8) is 0 Å². The van der Waals surface area contributed by atoms with Gasteiger partial charge in [-0.3, -0.25) is 4.79 Å². The summed E-state index contributed by atoms with van der Waals surface area (Å²) >= 11 is 0. The summed E-state index contributed by atoms with van der Waals surface area (Å²) in [7, 11) is -3.75. The zero-order valence-corrected chi connectivity index (χ0v) is 20.7. The van der Waals surface area contributed by atoms with Crippen molar-refractivity contribution in [2.45, 2.75) is 30.8 Å². The first-order valence-corrected chi connectivity index (χ1v) is 12.7. The second-order valence-corrected chi connectivity index (χ2v) is 10.0. The number of carbonyl (C=O) groups is 2. The molecule has 3 rings (SSSR count). The first-order valence-electron chi connectivity index (χ1n) is 11.3. The zero-order valence-electron chi connectivity index (χ0n) is 19.9. The second kappa shape index (κ2) is 13.4. The number of aryl methyl sites for hydroxylation is 2. The summed E-state index contributed by atoms with van der Waals surface area (Å²) in [6, 6.07) is 16.9. The van der Waals surface area contributed by atoms with Gasteiger partial charge in [-0.1, -0.05) is 48.5 Å². The smallest absolute Gasteiger partial charge is 0.475 e. The number of carboxylic acid groups (broad SMARTS) is 1. The average molecular weight is 530 g/mol. The van der Waals surface area contributed by atoms with Crippen molar-refractivity contribution in [3.05, 3.63) is 65.7 Å². The summed E-state index contributed by atoms with van der Waals surface area (Å²) < 4.78 is 59.8. The normalized spacial score (nSPS) is 14.2. The van der Waals surface area contributed by atoms with E-state index < -0.39 is 22.2 Å². The van der Waals surface area contributed by atoms with Crippen LogP contribution in [-0.4, -0.2) is 80.1 Å². The molecule has 1 amide bonds. The van der Waals surface area contributed by atoms with Crippen LogP contribution in [0.1, 0.15) is 17.5 Å². The van der Waals surface area contributed by atoms with Crippen molar-refractivity contribution in [3.8, 4) is 0 Å². The zero-order chi connectivity index (χ0) is 26.8. The molecule has 2 aromatic rings. The number of carbonyl (C=O) groups excluding carboxylic acids is 1. The van der Waals surface area contributed by atoms with E-state index in [4.69, 9.17) is 9.90 Å². The quantitative estimate of drug-likeness (QED) is 0.545. The molecule has 1 fully saturated rings. The number of halogens is 3. The first-order chi connectivity index (χ1) is 16.9. The fourth-order valence-electron chi connectivity index (χ4n) is 3.54. The van der Waals surface area contributed by atoms with Gasteiger partial charge in [-0.05, 0) is 37.0 Å². The molecule has 1 heterocycles. The van der Waals surface area contributed by atoms with Crippen LogP contribution in [0, 0.1) is 6.92 Å². The van der Waals surface area contributed by atoms with Crippen LogP contribution in [0.4, 0.5) is 13.2 Å². The minimum atomic E-state index is -5.08. The Kier molecular flexibility index (Phi) is 10.9. The summed E-state index contributed by atoms with van der Waals surface area (Å²) in [6.07, 6.45) is -3.66. The maximum atomic E-state index is 13.4. The van der Waals surface area contributed by atoms with Gasteiger partial charge in [0.25, 0.3) is 0 Å². The van der Waals surface area contributed by atoms with Gasteiger partial charge in [0.1, 0.15) is 0 Å². The predicted molar refractivity (Wildman–Crippen MR) is 128 cm³/mol. The lowest BCUT2D eigenvalue weighted by atomic mass is 10.1. The van der Waals surface area contributed by atoms with E-state index in [-0.39, 0.29) is 17.3 Å². The van der Waals surface area contributed by atoms with E-state index in [9.17, 15) is 26.4 Å². The van der Waals surface area contributed by atoms with Crippen LogP contribution < -0.4 is 5.32 Å². The highest BCUT2D eigenvalue weighted by Gasteiger charge is 2.38. The predicted octanol–water partition coefficient (Wildman–Crippen LogP) is 2.68. The number of alkyl halides is 3. The minimum absolute atomic E-state index is 0.120. The third-order valence-corrected chi connectivity index (χ3v) is 7.46. The SMILES string of the molecule is Cc1ccccc1S(=O)(=O)N(CCCc1ccccc1)CC(=O)N1CCNCC1.O=C(O)C(F)(F)F. The van der Waals surface area contributed by atoms with Crippen molar-refractivity contribution in [2.75, 3.05) is 39.3 Å². The molecule has 2 N–H and O–H groups in total. The van der Waals surface area contributed by atoms with Gasteiger partial charge < -0.3 is 15.3 Å². The van der Waals surface area contributed by atoms with Crippen molar-refractivity contribution in [1.29, 1.82) is 0 Å². The molecule has 0 aromatic heterocycles. The molecule has 36 heavy (non-hydrogen) atoms. The Morgan fingerprint density at radius 3 is 2.14 bits per heavy atom. The standard InChI is InChI=1S/C22H29N3O3S.C2HF3O2/c1-19-8-5-6-12-21(19)29(27,28)25(15-7-11-20-9-3-2-4-10-20)18-22(26)24-16-13-23-14-17-24;3-2(4,5)1(6)7/h2-6,8-10,12,23H,7,11,13-18H2,1H3;(H,6,7). The van der Waals surface area contributed by atoms with Gasteiger partial charge >= 0.3 is 12.1 Å². The first kappa shape index (κ1) is 29.3. The monoisotopic (exact) mass is 529 g/mol. The molecule has 0 atom stereocenters. The van der Waals surface area contributed by atoms with E-state index in [0.717, 1.165) is 25.1 Å².